The largest absolute Gasteiger partial charge is 0.355 e. The van der Waals surface area contributed by atoms with Gasteiger partial charge in [0.25, 0.3) is 0 Å². The lowest BCUT2D eigenvalue weighted by Gasteiger charge is -2.24. The molecule has 0 radical (unpaired) electrons. The van der Waals surface area contributed by atoms with Crippen molar-refractivity contribution in [3.05, 3.63) is 0 Å². The van der Waals surface area contributed by atoms with Gasteiger partial charge in [-0.25, -0.2) is 0 Å². The number of nitrogens with one attached hydrogen (secondary N) is 2. The molecular formula is C12H22N2O. The number of rotatable bonds is 3. The van der Waals surface area contributed by atoms with Crippen LogP contribution < -0.4 is 10.6 Å². The first-order chi connectivity index (χ1) is 7.31. The third-order valence-corrected chi connectivity index (χ3v) is 3.73. The molecule has 2 rings (SSSR count). The van der Waals surface area contributed by atoms with E-state index in [1.165, 1.54) is 25.7 Å². The van der Waals surface area contributed by atoms with Crippen molar-refractivity contribution in [2.75, 3.05) is 6.54 Å². The lowest BCUT2D eigenvalue weighted by Crippen LogP contribution is -2.43. The zero-order valence-electron chi connectivity index (χ0n) is 9.59. The van der Waals surface area contributed by atoms with Crippen LogP contribution in [0.3, 0.4) is 0 Å². The predicted octanol–water partition coefficient (Wildman–Crippen LogP) is 1.43. The van der Waals surface area contributed by atoms with E-state index in [1.54, 1.807) is 0 Å². The molecule has 2 N–H and O–H groups in total. The van der Waals surface area contributed by atoms with E-state index < -0.39 is 0 Å². The highest BCUT2D eigenvalue weighted by Crippen LogP contribution is 2.33. The van der Waals surface area contributed by atoms with Gasteiger partial charge in [-0.15, -0.1) is 0 Å². The van der Waals surface area contributed by atoms with Crippen LogP contribution in [-0.4, -0.2) is 24.5 Å². The number of carbonyl (C=O) groups excluding carboxylic acids is 1. The van der Waals surface area contributed by atoms with Crippen molar-refractivity contribution in [1.82, 2.24) is 10.6 Å². The molecule has 3 nitrogen and oxygen atoms in total. The first-order valence-corrected chi connectivity index (χ1v) is 6.35. The van der Waals surface area contributed by atoms with Gasteiger partial charge in [-0.2, -0.15) is 0 Å². The third kappa shape index (κ3) is 2.51. The molecule has 2 fully saturated rings. The summed E-state index contributed by atoms with van der Waals surface area (Å²) in [4.78, 5) is 11.8. The minimum absolute atomic E-state index is 0.0876. The second-order valence-corrected chi connectivity index (χ2v) is 4.90. The van der Waals surface area contributed by atoms with Crippen LogP contribution >= 0.6 is 0 Å². The van der Waals surface area contributed by atoms with E-state index in [0.29, 0.717) is 6.04 Å². The first-order valence-electron chi connectivity index (χ1n) is 6.35. The molecule has 15 heavy (non-hydrogen) atoms. The molecule has 1 saturated heterocycles. The lowest BCUT2D eigenvalue weighted by atomic mass is 9.85. The van der Waals surface area contributed by atoms with Gasteiger partial charge in [0.1, 0.15) is 0 Å². The molecular weight excluding hydrogens is 188 g/mol. The Hall–Kier alpha value is -0.570. The van der Waals surface area contributed by atoms with Crippen molar-refractivity contribution in [2.45, 2.75) is 57.5 Å². The second kappa shape index (κ2) is 4.97. The van der Waals surface area contributed by atoms with Gasteiger partial charge in [0, 0.05) is 12.6 Å². The van der Waals surface area contributed by atoms with Crippen molar-refractivity contribution < 1.29 is 4.79 Å². The number of amides is 1. The molecule has 1 amide bonds. The Kier molecular flexibility index (Phi) is 3.62. The average molecular weight is 210 g/mol. The van der Waals surface area contributed by atoms with Crippen LogP contribution in [0.15, 0.2) is 0 Å². The number of hydrogen-bond acceptors (Lipinski definition) is 2. The summed E-state index contributed by atoms with van der Waals surface area (Å²) in [5.41, 5.74) is 0. The molecule has 1 aliphatic heterocycles. The maximum Gasteiger partial charge on any atom is 0.237 e. The highest BCUT2D eigenvalue weighted by atomic mass is 16.2. The Labute approximate surface area is 92.0 Å². The molecule has 1 saturated carbocycles. The molecule has 1 aliphatic carbocycles. The zero-order chi connectivity index (χ0) is 10.7. The Bertz CT molecular complexity index is 216. The number of carbonyl (C=O) groups is 1. The molecule has 1 heterocycles. The smallest absolute Gasteiger partial charge is 0.237 e. The average Bonchev–Trinajstić information content (AvgIpc) is 2.69. The van der Waals surface area contributed by atoms with Crippen LogP contribution in [0.5, 0.6) is 0 Å². The predicted molar refractivity (Wildman–Crippen MR) is 60.6 cm³/mol. The number of hydrogen-bond donors (Lipinski definition) is 2. The molecule has 3 heteroatoms. The minimum atomic E-state index is 0.0876. The van der Waals surface area contributed by atoms with Gasteiger partial charge in [-0.05, 0) is 31.6 Å². The lowest BCUT2D eigenvalue weighted by molar-refractivity contribution is -0.122. The zero-order valence-corrected chi connectivity index (χ0v) is 9.59. The SMILES string of the molecule is CCCNC(=O)C1CC2CCCCC2N1. The fraction of sp³-hybridized carbons (Fsp3) is 0.917. The fourth-order valence-corrected chi connectivity index (χ4v) is 2.89. The highest BCUT2D eigenvalue weighted by Gasteiger charge is 2.37. The molecule has 0 bridgehead atoms. The summed E-state index contributed by atoms with van der Waals surface area (Å²) in [5, 5.41) is 6.47. The summed E-state index contributed by atoms with van der Waals surface area (Å²) in [6.45, 7) is 2.90. The summed E-state index contributed by atoms with van der Waals surface area (Å²) in [6.07, 6.45) is 7.34. The quantitative estimate of drug-likeness (QED) is 0.740. The van der Waals surface area contributed by atoms with Gasteiger partial charge < -0.3 is 10.6 Å². The summed E-state index contributed by atoms with van der Waals surface area (Å²) in [5.74, 6) is 0.974. The first kappa shape index (κ1) is 10.9. The van der Waals surface area contributed by atoms with E-state index in [-0.39, 0.29) is 11.9 Å². The van der Waals surface area contributed by atoms with E-state index in [4.69, 9.17) is 0 Å². The van der Waals surface area contributed by atoms with E-state index in [0.717, 1.165) is 25.3 Å². The Morgan fingerprint density at radius 2 is 2.20 bits per heavy atom. The Morgan fingerprint density at radius 1 is 1.40 bits per heavy atom. The third-order valence-electron chi connectivity index (χ3n) is 3.73. The van der Waals surface area contributed by atoms with Crippen molar-refractivity contribution >= 4 is 5.91 Å². The van der Waals surface area contributed by atoms with E-state index >= 15 is 0 Å². The highest BCUT2D eigenvalue weighted by molar-refractivity contribution is 5.82. The van der Waals surface area contributed by atoms with Crippen LogP contribution in [-0.2, 0) is 4.79 Å². The van der Waals surface area contributed by atoms with Gasteiger partial charge in [0.15, 0.2) is 0 Å². The van der Waals surface area contributed by atoms with E-state index in [2.05, 4.69) is 17.6 Å². The van der Waals surface area contributed by atoms with Crippen molar-refractivity contribution in [3.63, 3.8) is 0 Å². The van der Waals surface area contributed by atoms with E-state index in [1.807, 2.05) is 0 Å². The van der Waals surface area contributed by atoms with Crippen molar-refractivity contribution in [3.8, 4) is 0 Å². The monoisotopic (exact) mass is 210 g/mol. The molecule has 2 aliphatic rings. The van der Waals surface area contributed by atoms with Gasteiger partial charge >= 0.3 is 0 Å². The summed E-state index contributed by atoms with van der Waals surface area (Å²) >= 11 is 0. The van der Waals surface area contributed by atoms with Crippen LogP contribution in [0.25, 0.3) is 0 Å². The van der Waals surface area contributed by atoms with Crippen molar-refractivity contribution in [2.24, 2.45) is 5.92 Å². The maximum atomic E-state index is 11.8. The summed E-state index contributed by atoms with van der Waals surface area (Å²) in [6, 6.07) is 0.709. The van der Waals surface area contributed by atoms with Gasteiger partial charge in [-0.1, -0.05) is 19.8 Å². The van der Waals surface area contributed by atoms with Crippen LogP contribution in [0.2, 0.25) is 0 Å². The fourth-order valence-electron chi connectivity index (χ4n) is 2.89. The van der Waals surface area contributed by atoms with Crippen LogP contribution in [0, 0.1) is 5.92 Å². The molecule has 3 atom stereocenters. The Morgan fingerprint density at radius 3 is 2.93 bits per heavy atom. The van der Waals surface area contributed by atoms with Crippen LogP contribution in [0.4, 0.5) is 0 Å². The summed E-state index contributed by atoms with van der Waals surface area (Å²) in [7, 11) is 0. The van der Waals surface area contributed by atoms with Crippen molar-refractivity contribution in [1.29, 1.82) is 0 Å². The molecule has 3 unspecified atom stereocenters. The van der Waals surface area contributed by atoms with Gasteiger partial charge in [0.05, 0.1) is 6.04 Å². The standard InChI is InChI=1S/C12H22N2O/c1-2-7-13-12(15)11-8-9-5-3-4-6-10(9)14-11/h9-11,14H,2-8H2,1H3,(H,13,15). The van der Waals surface area contributed by atoms with Gasteiger partial charge in [-0.3, -0.25) is 4.79 Å². The Balaban J connectivity index is 1.82. The molecule has 86 valence electrons. The number of fused-ring (bicyclic) bond motifs is 1. The molecule has 0 aromatic carbocycles. The maximum absolute atomic E-state index is 11.8. The summed E-state index contributed by atoms with van der Waals surface area (Å²) < 4.78 is 0. The second-order valence-electron chi connectivity index (χ2n) is 4.90. The molecule has 0 spiro atoms. The topological polar surface area (TPSA) is 41.1 Å². The minimum Gasteiger partial charge on any atom is -0.355 e. The van der Waals surface area contributed by atoms with Gasteiger partial charge in [0.2, 0.25) is 5.91 Å². The van der Waals surface area contributed by atoms with Crippen LogP contribution in [0.1, 0.15) is 45.4 Å². The normalized spacial score (nSPS) is 34.9. The molecule has 0 aromatic rings. The molecule has 0 aromatic heterocycles. The van der Waals surface area contributed by atoms with E-state index in [9.17, 15) is 4.79 Å².